The summed E-state index contributed by atoms with van der Waals surface area (Å²) in [6.07, 6.45) is 6.99. The summed E-state index contributed by atoms with van der Waals surface area (Å²) in [5.74, 6) is 6.49. The molecule has 0 saturated heterocycles. The Kier molecular flexibility index (Phi) is 8.04. The highest BCUT2D eigenvalue weighted by Crippen LogP contribution is 2.07. The molecule has 0 radical (unpaired) electrons. The van der Waals surface area contributed by atoms with Crippen molar-refractivity contribution >= 4 is 0 Å². The van der Waals surface area contributed by atoms with Crippen molar-refractivity contribution in [2.45, 2.75) is 33.2 Å². The SMILES string of the molecule is C=C/C(C)=C\C(C#CCN(C)[C@H](C)Cc1ccccc1)=C/C. The van der Waals surface area contributed by atoms with E-state index in [2.05, 4.69) is 73.7 Å². The minimum absolute atomic E-state index is 0.469. The number of nitrogens with zero attached hydrogens (tertiary/aromatic N) is 1. The zero-order valence-electron chi connectivity index (χ0n) is 14.3. The normalized spacial score (nSPS) is 13.5. The lowest BCUT2D eigenvalue weighted by Gasteiger charge is -2.22. The molecule has 1 atom stereocenters. The largest absolute Gasteiger partial charge is 0.292 e. The number of likely N-dealkylation sites (N-methyl/N-ethyl adjacent to an activating group) is 1. The van der Waals surface area contributed by atoms with Gasteiger partial charge in [0.15, 0.2) is 0 Å². The molecule has 116 valence electrons. The predicted molar refractivity (Wildman–Crippen MR) is 97.7 cm³/mol. The lowest BCUT2D eigenvalue weighted by molar-refractivity contribution is 0.287. The Balaban J connectivity index is 2.57. The zero-order valence-corrected chi connectivity index (χ0v) is 14.3. The first kappa shape index (κ1) is 18.0. The van der Waals surface area contributed by atoms with Gasteiger partial charge in [-0.3, -0.25) is 4.90 Å². The van der Waals surface area contributed by atoms with Crippen molar-refractivity contribution in [2.24, 2.45) is 0 Å². The Bertz CT molecular complexity index is 581. The van der Waals surface area contributed by atoms with E-state index in [1.165, 1.54) is 5.56 Å². The van der Waals surface area contributed by atoms with Gasteiger partial charge in [0, 0.05) is 11.6 Å². The number of benzene rings is 1. The van der Waals surface area contributed by atoms with Crippen LogP contribution < -0.4 is 0 Å². The highest BCUT2D eigenvalue weighted by Gasteiger charge is 2.08. The average molecular weight is 293 g/mol. The molecule has 0 N–H and O–H groups in total. The molecule has 1 rings (SSSR count). The van der Waals surface area contributed by atoms with Gasteiger partial charge in [0.25, 0.3) is 0 Å². The van der Waals surface area contributed by atoms with E-state index in [4.69, 9.17) is 0 Å². The van der Waals surface area contributed by atoms with Crippen LogP contribution in [-0.2, 0) is 6.42 Å². The maximum atomic E-state index is 3.77. The van der Waals surface area contributed by atoms with Crippen LogP contribution in [0, 0.1) is 11.8 Å². The molecule has 0 aliphatic rings. The minimum atomic E-state index is 0.469. The molecule has 1 aromatic rings. The highest BCUT2D eigenvalue weighted by atomic mass is 15.1. The van der Waals surface area contributed by atoms with Gasteiger partial charge in [0.05, 0.1) is 6.54 Å². The van der Waals surface area contributed by atoms with E-state index in [1.807, 2.05) is 26.0 Å². The standard InChI is InChI=1S/C21H27N/c1-6-18(3)16-20(7-2)14-11-15-22(5)19(4)17-21-12-9-8-10-13-21/h6-10,12-13,16,19H,1,15,17H2,2-5H3/b18-16-,20-7-/t19-/m1/s1. The fraction of sp³-hybridized carbons (Fsp3) is 0.333. The summed E-state index contributed by atoms with van der Waals surface area (Å²) in [6, 6.07) is 11.1. The number of hydrogen-bond acceptors (Lipinski definition) is 1. The summed E-state index contributed by atoms with van der Waals surface area (Å²) in [5.41, 5.74) is 3.54. The molecule has 22 heavy (non-hydrogen) atoms. The Labute approximate surface area is 136 Å². The number of allylic oxidation sites excluding steroid dienone is 5. The van der Waals surface area contributed by atoms with Crippen LogP contribution in [0.2, 0.25) is 0 Å². The fourth-order valence-electron chi connectivity index (χ4n) is 2.03. The van der Waals surface area contributed by atoms with E-state index in [-0.39, 0.29) is 0 Å². The van der Waals surface area contributed by atoms with Gasteiger partial charge in [-0.25, -0.2) is 0 Å². The van der Waals surface area contributed by atoms with Crippen LogP contribution in [0.5, 0.6) is 0 Å². The van der Waals surface area contributed by atoms with Gasteiger partial charge in [0.2, 0.25) is 0 Å². The van der Waals surface area contributed by atoms with Crippen molar-refractivity contribution < 1.29 is 0 Å². The molecule has 0 spiro atoms. The van der Waals surface area contributed by atoms with Crippen LogP contribution in [0.1, 0.15) is 26.3 Å². The van der Waals surface area contributed by atoms with Crippen LogP contribution >= 0.6 is 0 Å². The summed E-state index contributed by atoms with van der Waals surface area (Å²) >= 11 is 0. The summed E-state index contributed by atoms with van der Waals surface area (Å²) in [7, 11) is 2.13. The highest BCUT2D eigenvalue weighted by molar-refractivity contribution is 5.41. The third-order valence-corrected chi connectivity index (χ3v) is 3.70. The molecule has 0 aromatic heterocycles. The Morgan fingerprint density at radius 2 is 2.00 bits per heavy atom. The summed E-state index contributed by atoms with van der Waals surface area (Å²) < 4.78 is 0. The van der Waals surface area contributed by atoms with Gasteiger partial charge in [-0.05, 0) is 45.9 Å². The van der Waals surface area contributed by atoms with Gasteiger partial charge < -0.3 is 0 Å². The van der Waals surface area contributed by atoms with Crippen molar-refractivity contribution in [1.29, 1.82) is 0 Å². The second-order valence-electron chi connectivity index (χ2n) is 5.59. The van der Waals surface area contributed by atoms with Gasteiger partial charge in [-0.15, -0.1) is 0 Å². The molecule has 1 aromatic carbocycles. The van der Waals surface area contributed by atoms with Crippen molar-refractivity contribution in [2.75, 3.05) is 13.6 Å². The van der Waals surface area contributed by atoms with E-state index >= 15 is 0 Å². The van der Waals surface area contributed by atoms with Crippen LogP contribution in [0.15, 0.2) is 66.3 Å². The molecule has 1 nitrogen and oxygen atoms in total. The maximum absolute atomic E-state index is 3.77. The second kappa shape index (κ2) is 9.82. The quantitative estimate of drug-likeness (QED) is 0.546. The predicted octanol–water partition coefficient (Wildman–Crippen LogP) is 4.63. The molecule has 0 heterocycles. The van der Waals surface area contributed by atoms with Crippen LogP contribution in [-0.4, -0.2) is 24.5 Å². The minimum Gasteiger partial charge on any atom is -0.292 e. The summed E-state index contributed by atoms with van der Waals surface area (Å²) in [5, 5.41) is 0. The van der Waals surface area contributed by atoms with Crippen LogP contribution in [0.25, 0.3) is 0 Å². The van der Waals surface area contributed by atoms with Gasteiger partial charge in [-0.1, -0.05) is 66.5 Å². The first-order chi connectivity index (χ1) is 10.6. The van der Waals surface area contributed by atoms with E-state index in [0.717, 1.165) is 24.1 Å². The first-order valence-electron chi connectivity index (χ1n) is 7.77. The smallest absolute Gasteiger partial charge is 0.0605 e. The van der Waals surface area contributed by atoms with Crippen molar-refractivity contribution in [3.8, 4) is 11.8 Å². The fourth-order valence-corrected chi connectivity index (χ4v) is 2.03. The first-order valence-corrected chi connectivity index (χ1v) is 7.77. The van der Waals surface area contributed by atoms with Gasteiger partial charge in [-0.2, -0.15) is 0 Å². The van der Waals surface area contributed by atoms with E-state index in [0.29, 0.717) is 6.04 Å². The molecule has 0 bridgehead atoms. The topological polar surface area (TPSA) is 3.24 Å². The van der Waals surface area contributed by atoms with E-state index in [9.17, 15) is 0 Å². The van der Waals surface area contributed by atoms with Crippen LogP contribution in [0.4, 0.5) is 0 Å². The molecule has 0 fully saturated rings. The summed E-state index contributed by atoms with van der Waals surface area (Å²) in [6.45, 7) is 10.8. The molecule has 1 heteroatoms. The average Bonchev–Trinajstić information content (AvgIpc) is 2.54. The number of hydrogen-bond donors (Lipinski definition) is 0. The Morgan fingerprint density at radius 1 is 1.32 bits per heavy atom. The monoisotopic (exact) mass is 293 g/mol. The van der Waals surface area contributed by atoms with Crippen molar-refractivity contribution in [3.63, 3.8) is 0 Å². The van der Waals surface area contributed by atoms with Gasteiger partial charge >= 0.3 is 0 Å². The van der Waals surface area contributed by atoms with E-state index in [1.54, 1.807) is 0 Å². The van der Waals surface area contributed by atoms with Gasteiger partial charge in [0.1, 0.15) is 0 Å². The molecular weight excluding hydrogens is 266 g/mol. The second-order valence-corrected chi connectivity index (χ2v) is 5.59. The van der Waals surface area contributed by atoms with E-state index < -0.39 is 0 Å². The zero-order chi connectivity index (χ0) is 16.4. The van der Waals surface area contributed by atoms with Crippen molar-refractivity contribution in [3.05, 3.63) is 71.8 Å². The Hall–Kier alpha value is -2.04. The third kappa shape index (κ3) is 6.61. The molecule has 0 amide bonds. The lowest BCUT2D eigenvalue weighted by Crippen LogP contribution is -2.31. The molecule has 0 aliphatic heterocycles. The molecular formula is C21H27N. The molecule has 0 saturated carbocycles. The third-order valence-electron chi connectivity index (χ3n) is 3.70. The Morgan fingerprint density at radius 3 is 2.59 bits per heavy atom. The lowest BCUT2D eigenvalue weighted by atomic mass is 10.1. The van der Waals surface area contributed by atoms with Crippen LogP contribution in [0.3, 0.4) is 0 Å². The molecule has 0 aliphatic carbocycles. The summed E-state index contributed by atoms with van der Waals surface area (Å²) in [4.78, 5) is 2.29. The maximum Gasteiger partial charge on any atom is 0.0605 e. The van der Waals surface area contributed by atoms with Crippen molar-refractivity contribution in [1.82, 2.24) is 4.90 Å². The number of rotatable bonds is 6. The molecule has 0 unspecified atom stereocenters.